The summed E-state index contributed by atoms with van der Waals surface area (Å²) in [5.74, 6) is 0.821. The van der Waals surface area contributed by atoms with E-state index < -0.39 is 0 Å². The van der Waals surface area contributed by atoms with Crippen LogP contribution in [-0.2, 0) is 13.6 Å². The fourth-order valence-corrected chi connectivity index (χ4v) is 2.53. The first-order valence-corrected chi connectivity index (χ1v) is 8.32. The van der Waals surface area contributed by atoms with Crippen LogP contribution in [0.15, 0.2) is 47.6 Å². The van der Waals surface area contributed by atoms with Crippen molar-refractivity contribution in [2.75, 3.05) is 27.2 Å². The molecular formula is C18H29IN6. The maximum atomic E-state index is 4.66. The predicted molar refractivity (Wildman–Crippen MR) is 114 cm³/mol. The summed E-state index contributed by atoms with van der Waals surface area (Å²) in [6.45, 7) is 4.29. The number of halogens is 1. The van der Waals surface area contributed by atoms with E-state index in [1.807, 2.05) is 23.9 Å². The molecule has 6 nitrogen and oxygen atoms in total. The topological polar surface area (TPSA) is 57.5 Å². The molecule has 0 aliphatic heterocycles. The first-order chi connectivity index (χ1) is 11.6. The Balaban J connectivity index is 0.00000312. The number of rotatable bonds is 7. The first-order valence-electron chi connectivity index (χ1n) is 8.32. The third-order valence-corrected chi connectivity index (χ3v) is 3.94. The smallest absolute Gasteiger partial charge is 0.191 e. The molecule has 0 saturated carbocycles. The van der Waals surface area contributed by atoms with E-state index >= 15 is 0 Å². The molecule has 2 rings (SSSR count). The van der Waals surface area contributed by atoms with Crippen LogP contribution < -0.4 is 10.6 Å². The molecule has 0 aliphatic rings. The monoisotopic (exact) mass is 456 g/mol. The van der Waals surface area contributed by atoms with Crippen LogP contribution in [0.3, 0.4) is 0 Å². The molecule has 2 aromatic rings. The van der Waals surface area contributed by atoms with Gasteiger partial charge in [-0.05, 0) is 32.6 Å². The average molecular weight is 456 g/mol. The molecule has 0 fully saturated rings. The highest BCUT2D eigenvalue weighted by atomic mass is 127. The number of likely N-dealkylation sites (N-methyl/N-ethyl adjacent to an activating group) is 1. The molecule has 1 aromatic carbocycles. The lowest BCUT2D eigenvalue weighted by atomic mass is 10.1. The zero-order chi connectivity index (χ0) is 17.4. The second kappa shape index (κ2) is 11.1. The lowest BCUT2D eigenvalue weighted by Gasteiger charge is -2.26. The molecule has 1 unspecified atom stereocenters. The molecule has 1 aromatic heterocycles. The normalized spacial score (nSPS) is 12.6. The largest absolute Gasteiger partial charge is 0.357 e. The summed E-state index contributed by atoms with van der Waals surface area (Å²) in [6, 6.07) is 12.8. The van der Waals surface area contributed by atoms with Gasteiger partial charge in [-0.2, -0.15) is 5.10 Å². The molecule has 0 saturated heterocycles. The van der Waals surface area contributed by atoms with Crippen LogP contribution in [0.2, 0.25) is 0 Å². The second-order valence-corrected chi connectivity index (χ2v) is 5.91. The van der Waals surface area contributed by atoms with Crippen LogP contribution in [0.1, 0.15) is 24.2 Å². The van der Waals surface area contributed by atoms with Crippen molar-refractivity contribution in [1.82, 2.24) is 25.3 Å². The molecule has 0 spiro atoms. The summed E-state index contributed by atoms with van der Waals surface area (Å²) >= 11 is 0. The summed E-state index contributed by atoms with van der Waals surface area (Å²) in [5.41, 5.74) is 2.37. The van der Waals surface area contributed by atoms with Crippen molar-refractivity contribution >= 4 is 29.9 Å². The summed E-state index contributed by atoms with van der Waals surface area (Å²) < 4.78 is 1.85. The predicted octanol–water partition coefficient (Wildman–Crippen LogP) is 2.40. The lowest BCUT2D eigenvalue weighted by molar-refractivity contribution is 0.298. The third-order valence-electron chi connectivity index (χ3n) is 3.94. The molecule has 7 heteroatoms. The molecule has 0 aliphatic carbocycles. The summed E-state index contributed by atoms with van der Waals surface area (Å²) in [5, 5.41) is 10.9. The Morgan fingerprint density at radius 1 is 1.20 bits per heavy atom. The van der Waals surface area contributed by atoms with Gasteiger partial charge >= 0.3 is 0 Å². The van der Waals surface area contributed by atoms with Crippen LogP contribution >= 0.6 is 24.0 Å². The van der Waals surface area contributed by atoms with Crippen molar-refractivity contribution in [3.05, 3.63) is 53.9 Å². The minimum absolute atomic E-state index is 0. The van der Waals surface area contributed by atoms with Crippen molar-refractivity contribution in [3.8, 4) is 0 Å². The third kappa shape index (κ3) is 6.66. The Labute approximate surface area is 167 Å². The van der Waals surface area contributed by atoms with Crippen LogP contribution in [0, 0.1) is 0 Å². The Kier molecular flexibility index (Phi) is 9.51. The van der Waals surface area contributed by atoms with E-state index in [1.54, 1.807) is 6.20 Å². The quantitative estimate of drug-likeness (QED) is 0.382. The van der Waals surface area contributed by atoms with Gasteiger partial charge in [-0.1, -0.05) is 30.3 Å². The number of hydrogen-bond donors (Lipinski definition) is 2. The van der Waals surface area contributed by atoms with E-state index in [-0.39, 0.29) is 30.0 Å². The van der Waals surface area contributed by atoms with Gasteiger partial charge in [-0.3, -0.25) is 4.68 Å². The number of guanidine groups is 1. The molecular weight excluding hydrogens is 427 g/mol. The van der Waals surface area contributed by atoms with Gasteiger partial charge in [-0.15, -0.1) is 24.0 Å². The molecule has 2 N–H and O–H groups in total. The number of benzene rings is 1. The van der Waals surface area contributed by atoms with Crippen LogP contribution in [0.5, 0.6) is 0 Å². The standard InChI is InChI=1S/C18H28N6.HI/c1-5-19-18(20-13-16-11-12-22-24(16)4)21-14-17(23(2)3)15-9-7-6-8-10-15;/h6-12,17H,5,13-14H2,1-4H3,(H2,19,20,21);1H. The van der Waals surface area contributed by atoms with E-state index in [2.05, 4.69) is 70.9 Å². The van der Waals surface area contributed by atoms with Crippen LogP contribution in [-0.4, -0.2) is 47.8 Å². The molecule has 25 heavy (non-hydrogen) atoms. The van der Waals surface area contributed by atoms with Gasteiger partial charge in [0.15, 0.2) is 5.96 Å². The molecule has 0 bridgehead atoms. The Morgan fingerprint density at radius 3 is 2.48 bits per heavy atom. The van der Waals surface area contributed by atoms with Crippen molar-refractivity contribution in [2.45, 2.75) is 19.5 Å². The maximum absolute atomic E-state index is 4.66. The highest BCUT2D eigenvalue weighted by Crippen LogP contribution is 2.16. The Bertz CT molecular complexity index is 638. The molecule has 0 amide bonds. The minimum Gasteiger partial charge on any atom is -0.357 e. The fourth-order valence-electron chi connectivity index (χ4n) is 2.53. The van der Waals surface area contributed by atoms with Crippen molar-refractivity contribution in [3.63, 3.8) is 0 Å². The van der Waals surface area contributed by atoms with Crippen LogP contribution in [0.25, 0.3) is 0 Å². The van der Waals surface area contributed by atoms with Gasteiger partial charge < -0.3 is 15.5 Å². The van der Waals surface area contributed by atoms with Gasteiger partial charge in [0.2, 0.25) is 0 Å². The number of aliphatic imine (C=N–C) groups is 1. The van der Waals surface area contributed by atoms with Crippen molar-refractivity contribution in [2.24, 2.45) is 12.0 Å². The molecule has 0 radical (unpaired) electrons. The number of hydrogen-bond acceptors (Lipinski definition) is 3. The maximum Gasteiger partial charge on any atom is 0.191 e. The van der Waals surface area contributed by atoms with Gasteiger partial charge in [0.25, 0.3) is 0 Å². The Morgan fingerprint density at radius 2 is 1.92 bits per heavy atom. The van der Waals surface area contributed by atoms with E-state index in [0.717, 1.165) is 24.7 Å². The van der Waals surface area contributed by atoms with Crippen molar-refractivity contribution in [1.29, 1.82) is 0 Å². The highest BCUT2D eigenvalue weighted by Gasteiger charge is 2.14. The average Bonchev–Trinajstić information content (AvgIpc) is 2.98. The van der Waals surface area contributed by atoms with Crippen LogP contribution in [0.4, 0.5) is 0 Å². The van der Waals surface area contributed by atoms with Gasteiger partial charge in [-0.25, -0.2) is 4.99 Å². The number of nitrogens with zero attached hydrogens (tertiary/aromatic N) is 4. The van der Waals surface area contributed by atoms with Gasteiger partial charge in [0.05, 0.1) is 18.3 Å². The second-order valence-electron chi connectivity index (χ2n) is 5.91. The molecule has 138 valence electrons. The van der Waals surface area contributed by atoms with Gasteiger partial charge in [0.1, 0.15) is 0 Å². The number of nitrogens with one attached hydrogen (secondary N) is 2. The van der Waals surface area contributed by atoms with E-state index in [1.165, 1.54) is 5.56 Å². The minimum atomic E-state index is 0. The van der Waals surface area contributed by atoms with E-state index in [4.69, 9.17) is 0 Å². The van der Waals surface area contributed by atoms with E-state index in [9.17, 15) is 0 Å². The molecule has 1 heterocycles. The zero-order valence-electron chi connectivity index (χ0n) is 15.4. The Hall–Kier alpha value is -1.61. The molecule has 1 atom stereocenters. The SMILES string of the molecule is CCNC(=NCc1ccnn1C)NCC(c1ccccc1)N(C)C.I. The highest BCUT2D eigenvalue weighted by molar-refractivity contribution is 14.0. The lowest BCUT2D eigenvalue weighted by Crippen LogP contribution is -2.41. The zero-order valence-corrected chi connectivity index (χ0v) is 17.8. The first kappa shape index (κ1) is 21.4. The summed E-state index contributed by atoms with van der Waals surface area (Å²) in [6.07, 6.45) is 1.79. The van der Waals surface area contributed by atoms with Crippen molar-refractivity contribution < 1.29 is 0 Å². The summed E-state index contributed by atoms with van der Waals surface area (Å²) in [7, 11) is 6.13. The summed E-state index contributed by atoms with van der Waals surface area (Å²) in [4.78, 5) is 6.87. The number of aromatic nitrogens is 2. The van der Waals surface area contributed by atoms with Gasteiger partial charge in [0, 0.05) is 26.3 Å². The van der Waals surface area contributed by atoms with E-state index in [0.29, 0.717) is 6.54 Å². The number of aryl methyl sites for hydroxylation is 1. The fraction of sp³-hybridized carbons (Fsp3) is 0.444.